The van der Waals surface area contributed by atoms with Crippen LogP contribution in [0, 0.1) is 11.3 Å². The van der Waals surface area contributed by atoms with Crippen LogP contribution < -0.4 is 5.32 Å². The van der Waals surface area contributed by atoms with E-state index in [2.05, 4.69) is 91.4 Å². The Morgan fingerprint density at radius 2 is 1.54 bits per heavy atom. The monoisotopic (exact) mass is 477 g/mol. The molecule has 5 heteroatoms. The fourth-order valence-corrected chi connectivity index (χ4v) is 4.23. The summed E-state index contributed by atoms with van der Waals surface area (Å²) >= 11 is 0. The van der Waals surface area contributed by atoms with Crippen molar-refractivity contribution >= 4 is 0 Å². The standard InChI is InChI=1S/C28H37N3O2.C2H6/c1-27(2,3)25(29-16-22-19-32-28(4,5)33-20-22)26-30-24(23-14-10-7-11-15-23)18-31(26)17-21-12-8-6-9-13-21;1-2/h6-15,18,22,25,29H,16-17,19-20H2,1-5H3;1-2H3. The SMILES string of the molecule is CC.CC1(C)OCC(CNC(c2nc(-c3ccccc3)cn2Cc2ccccc2)C(C)(C)C)CO1. The van der Waals surface area contributed by atoms with E-state index in [1.165, 1.54) is 5.56 Å². The van der Waals surface area contributed by atoms with Gasteiger partial charge in [-0.3, -0.25) is 0 Å². The van der Waals surface area contributed by atoms with Crippen LogP contribution in [0.1, 0.15) is 65.9 Å². The summed E-state index contributed by atoms with van der Waals surface area (Å²) in [5.74, 6) is 0.883. The molecule has 0 radical (unpaired) electrons. The maximum atomic E-state index is 5.88. The first-order valence-electron chi connectivity index (χ1n) is 12.9. The minimum Gasteiger partial charge on any atom is -0.350 e. The van der Waals surface area contributed by atoms with Crippen LogP contribution in [0.5, 0.6) is 0 Å². The molecule has 2 heterocycles. The first-order chi connectivity index (χ1) is 16.7. The van der Waals surface area contributed by atoms with Crippen LogP contribution in [0.15, 0.2) is 66.9 Å². The molecule has 1 aliphatic rings. The van der Waals surface area contributed by atoms with Crippen LogP contribution >= 0.6 is 0 Å². The van der Waals surface area contributed by atoms with Crippen molar-refractivity contribution in [3.05, 3.63) is 78.2 Å². The van der Waals surface area contributed by atoms with Gasteiger partial charge in [-0.05, 0) is 24.8 Å². The highest BCUT2D eigenvalue weighted by atomic mass is 16.7. The van der Waals surface area contributed by atoms with E-state index in [9.17, 15) is 0 Å². The molecule has 0 amide bonds. The lowest BCUT2D eigenvalue weighted by molar-refractivity contribution is -0.261. The van der Waals surface area contributed by atoms with Gasteiger partial charge in [-0.2, -0.15) is 0 Å². The van der Waals surface area contributed by atoms with Gasteiger partial charge in [-0.1, -0.05) is 95.3 Å². The summed E-state index contributed by atoms with van der Waals surface area (Å²) < 4.78 is 14.1. The van der Waals surface area contributed by atoms with Gasteiger partial charge in [0.2, 0.25) is 0 Å². The molecule has 0 spiro atoms. The Morgan fingerprint density at radius 3 is 2.11 bits per heavy atom. The molecule has 1 N–H and O–H groups in total. The number of ether oxygens (including phenoxy) is 2. The molecular formula is C30H43N3O2. The second-order valence-corrected chi connectivity index (χ2v) is 10.6. The third kappa shape index (κ3) is 7.50. The van der Waals surface area contributed by atoms with Crippen LogP contribution in [0.4, 0.5) is 0 Å². The zero-order chi connectivity index (χ0) is 25.5. The molecule has 35 heavy (non-hydrogen) atoms. The van der Waals surface area contributed by atoms with Gasteiger partial charge in [-0.25, -0.2) is 4.98 Å². The maximum absolute atomic E-state index is 5.88. The lowest BCUT2D eigenvalue weighted by Gasteiger charge is -2.37. The molecule has 0 bridgehead atoms. The van der Waals surface area contributed by atoms with E-state index in [1.807, 2.05) is 33.8 Å². The van der Waals surface area contributed by atoms with Crippen molar-refractivity contribution in [2.24, 2.45) is 11.3 Å². The van der Waals surface area contributed by atoms with Crippen molar-refractivity contribution in [2.45, 2.75) is 66.8 Å². The molecule has 1 fully saturated rings. The van der Waals surface area contributed by atoms with Crippen molar-refractivity contribution in [3.63, 3.8) is 0 Å². The Bertz CT molecular complexity index is 1010. The maximum Gasteiger partial charge on any atom is 0.162 e. The summed E-state index contributed by atoms with van der Waals surface area (Å²) in [4.78, 5) is 5.17. The van der Waals surface area contributed by atoms with E-state index in [-0.39, 0.29) is 11.5 Å². The molecule has 1 unspecified atom stereocenters. The second-order valence-electron chi connectivity index (χ2n) is 10.6. The largest absolute Gasteiger partial charge is 0.350 e. The minimum absolute atomic E-state index is 0.0244. The topological polar surface area (TPSA) is 48.3 Å². The van der Waals surface area contributed by atoms with Gasteiger partial charge in [-0.15, -0.1) is 0 Å². The quantitative estimate of drug-likeness (QED) is 0.411. The van der Waals surface area contributed by atoms with Crippen LogP contribution in [-0.2, 0) is 16.0 Å². The van der Waals surface area contributed by atoms with Gasteiger partial charge in [0.25, 0.3) is 0 Å². The Kier molecular flexibility index (Phi) is 9.28. The number of nitrogens with zero attached hydrogens (tertiary/aromatic N) is 2. The number of benzene rings is 2. The van der Waals surface area contributed by atoms with E-state index in [0.29, 0.717) is 19.1 Å². The molecule has 0 saturated carbocycles. The second kappa shape index (κ2) is 12.0. The van der Waals surface area contributed by atoms with Crippen molar-refractivity contribution < 1.29 is 9.47 Å². The Morgan fingerprint density at radius 1 is 0.971 bits per heavy atom. The van der Waals surface area contributed by atoms with Crippen LogP contribution in [0.3, 0.4) is 0 Å². The van der Waals surface area contributed by atoms with Crippen molar-refractivity contribution in [3.8, 4) is 11.3 Å². The van der Waals surface area contributed by atoms with E-state index >= 15 is 0 Å². The van der Waals surface area contributed by atoms with E-state index in [1.54, 1.807) is 0 Å². The first-order valence-corrected chi connectivity index (χ1v) is 12.9. The van der Waals surface area contributed by atoms with Gasteiger partial charge in [0.15, 0.2) is 5.79 Å². The molecule has 3 aromatic rings. The fourth-order valence-electron chi connectivity index (χ4n) is 4.23. The van der Waals surface area contributed by atoms with E-state index < -0.39 is 5.79 Å². The predicted octanol–water partition coefficient (Wildman–Crippen LogP) is 6.70. The number of hydrogen-bond donors (Lipinski definition) is 1. The summed E-state index contributed by atoms with van der Waals surface area (Å²) in [6.45, 7) is 17.8. The lowest BCUT2D eigenvalue weighted by Crippen LogP contribution is -2.45. The molecule has 5 nitrogen and oxygen atoms in total. The number of imidazole rings is 1. The normalized spacial score (nSPS) is 16.9. The lowest BCUT2D eigenvalue weighted by atomic mass is 9.85. The molecule has 4 rings (SSSR count). The molecular weight excluding hydrogens is 434 g/mol. The van der Waals surface area contributed by atoms with Crippen molar-refractivity contribution in [1.82, 2.24) is 14.9 Å². The summed E-state index contributed by atoms with van der Waals surface area (Å²) in [5, 5.41) is 3.82. The summed E-state index contributed by atoms with van der Waals surface area (Å²) in [6.07, 6.45) is 2.19. The average Bonchev–Trinajstić information content (AvgIpc) is 3.25. The highest BCUT2D eigenvalue weighted by Gasteiger charge is 2.33. The van der Waals surface area contributed by atoms with Gasteiger partial charge >= 0.3 is 0 Å². The highest BCUT2D eigenvalue weighted by Crippen LogP contribution is 2.34. The molecule has 1 atom stereocenters. The van der Waals surface area contributed by atoms with Gasteiger partial charge in [0, 0.05) is 30.8 Å². The molecule has 2 aromatic carbocycles. The van der Waals surface area contributed by atoms with Crippen LogP contribution in [-0.4, -0.2) is 35.1 Å². The Balaban J connectivity index is 0.00000167. The fraction of sp³-hybridized carbons (Fsp3) is 0.500. The molecule has 1 aromatic heterocycles. The molecule has 1 saturated heterocycles. The highest BCUT2D eigenvalue weighted by molar-refractivity contribution is 5.58. The van der Waals surface area contributed by atoms with E-state index in [4.69, 9.17) is 14.5 Å². The first kappa shape index (κ1) is 27.1. The Hall–Kier alpha value is -2.47. The molecule has 190 valence electrons. The van der Waals surface area contributed by atoms with Crippen molar-refractivity contribution in [1.29, 1.82) is 0 Å². The van der Waals surface area contributed by atoms with E-state index in [0.717, 1.165) is 30.2 Å². The minimum atomic E-state index is -0.490. The summed E-state index contributed by atoms with van der Waals surface area (Å²) in [5.41, 5.74) is 3.38. The zero-order valence-electron chi connectivity index (χ0n) is 22.5. The number of nitrogens with one attached hydrogen (secondary N) is 1. The summed E-state index contributed by atoms with van der Waals surface area (Å²) in [6, 6.07) is 21.1. The molecule has 0 aliphatic carbocycles. The third-order valence-electron chi connectivity index (χ3n) is 6.14. The molecule has 1 aliphatic heterocycles. The average molecular weight is 478 g/mol. The smallest absolute Gasteiger partial charge is 0.162 e. The predicted molar refractivity (Wildman–Crippen MR) is 144 cm³/mol. The zero-order valence-corrected chi connectivity index (χ0v) is 22.5. The number of aromatic nitrogens is 2. The third-order valence-corrected chi connectivity index (χ3v) is 6.14. The van der Waals surface area contributed by atoms with Gasteiger partial charge in [0.05, 0.1) is 24.9 Å². The van der Waals surface area contributed by atoms with Crippen LogP contribution in [0.25, 0.3) is 11.3 Å². The van der Waals surface area contributed by atoms with Crippen molar-refractivity contribution in [2.75, 3.05) is 19.8 Å². The van der Waals surface area contributed by atoms with Gasteiger partial charge < -0.3 is 19.4 Å². The Labute approximate surface area is 211 Å². The van der Waals surface area contributed by atoms with Crippen LogP contribution in [0.2, 0.25) is 0 Å². The number of hydrogen-bond acceptors (Lipinski definition) is 4. The number of rotatable bonds is 7. The van der Waals surface area contributed by atoms with Gasteiger partial charge in [0.1, 0.15) is 5.82 Å². The summed E-state index contributed by atoms with van der Waals surface area (Å²) in [7, 11) is 0.